The van der Waals surface area contributed by atoms with Crippen molar-refractivity contribution in [1.82, 2.24) is 24.7 Å². The van der Waals surface area contributed by atoms with Gasteiger partial charge in [0.25, 0.3) is 0 Å². The van der Waals surface area contributed by atoms with Gasteiger partial charge in [-0.2, -0.15) is 5.10 Å². The van der Waals surface area contributed by atoms with Gasteiger partial charge in [-0.15, -0.1) is 0 Å². The van der Waals surface area contributed by atoms with Gasteiger partial charge in [0, 0.05) is 16.8 Å². The first-order valence-electron chi connectivity index (χ1n) is 9.54. The van der Waals surface area contributed by atoms with Crippen molar-refractivity contribution in [3.63, 3.8) is 0 Å². The number of benzene rings is 2. The highest BCUT2D eigenvalue weighted by Crippen LogP contribution is 2.35. The predicted molar refractivity (Wildman–Crippen MR) is 124 cm³/mol. The van der Waals surface area contributed by atoms with Gasteiger partial charge in [0.2, 0.25) is 0 Å². The molecule has 3 heterocycles. The van der Waals surface area contributed by atoms with E-state index in [2.05, 4.69) is 20.3 Å². The minimum Gasteiger partial charge on any atom is -0.323 e. The van der Waals surface area contributed by atoms with E-state index >= 15 is 0 Å². The van der Waals surface area contributed by atoms with Crippen LogP contribution in [-0.2, 0) is 0 Å². The molecule has 0 aliphatic rings. The van der Waals surface area contributed by atoms with Crippen molar-refractivity contribution in [2.75, 3.05) is 5.32 Å². The average molecular weight is 447 g/mol. The topological polar surface area (TPSA) is 68.5 Å². The number of nitrogens with one attached hydrogen (secondary N) is 1. The molecule has 5 aromatic rings. The van der Waals surface area contributed by atoms with Gasteiger partial charge >= 0.3 is 0 Å². The maximum Gasteiger partial charge on any atom is 0.163 e. The Labute approximate surface area is 188 Å². The van der Waals surface area contributed by atoms with Crippen molar-refractivity contribution in [1.29, 1.82) is 0 Å². The zero-order valence-electron chi connectivity index (χ0n) is 16.4. The minimum absolute atomic E-state index is 0.558. The molecule has 0 bridgehead atoms. The fourth-order valence-corrected chi connectivity index (χ4v) is 3.66. The van der Waals surface area contributed by atoms with E-state index < -0.39 is 0 Å². The fraction of sp³-hybridized carbons (Fsp3) is 0.0435. The Morgan fingerprint density at radius 3 is 2.39 bits per heavy atom. The Kier molecular flexibility index (Phi) is 5.02. The Morgan fingerprint density at radius 2 is 1.65 bits per heavy atom. The van der Waals surface area contributed by atoms with Crippen molar-refractivity contribution in [2.45, 2.75) is 6.92 Å². The summed E-state index contributed by atoms with van der Waals surface area (Å²) < 4.78 is 1.79. The number of fused-ring (bicyclic) bond motifs is 1. The number of halogens is 2. The van der Waals surface area contributed by atoms with Crippen LogP contribution < -0.4 is 5.32 Å². The molecule has 0 aliphatic carbocycles. The Bertz CT molecular complexity index is 1380. The molecule has 0 unspecified atom stereocenters. The predicted octanol–water partition coefficient (Wildman–Crippen LogP) is 6.24. The van der Waals surface area contributed by atoms with Crippen LogP contribution in [0.3, 0.4) is 0 Å². The van der Waals surface area contributed by atoms with Crippen molar-refractivity contribution in [2.24, 2.45) is 0 Å². The van der Waals surface area contributed by atoms with Gasteiger partial charge in [0.05, 0.1) is 10.7 Å². The number of rotatable bonds is 4. The molecule has 0 saturated carbocycles. The number of nitrogens with zero attached hydrogens (tertiary/aromatic N) is 5. The quantitative estimate of drug-likeness (QED) is 0.353. The third kappa shape index (κ3) is 3.71. The lowest BCUT2D eigenvalue weighted by Gasteiger charge is -2.09. The van der Waals surface area contributed by atoms with E-state index in [1.165, 1.54) is 6.33 Å². The molecule has 0 aliphatic heterocycles. The van der Waals surface area contributed by atoms with E-state index in [4.69, 9.17) is 28.3 Å². The number of aryl methyl sites for hydroxylation is 1. The summed E-state index contributed by atoms with van der Waals surface area (Å²) in [6.45, 7) is 1.99. The van der Waals surface area contributed by atoms with Crippen LogP contribution in [0.5, 0.6) is 0 Å². The van der Waals surface area contributed by atoms with Gasteiger partial charge in [-0.3, -0.25) is 0 Å². The van der Waals surface area contributed by atoms with E-state index in [1.54, 1.807) is 10.9 Å². The Balaban J connectivity index is 1.74. The summed E-state index contributed by atoms with van der Waals surface area (Å²) in [5.74, 6) is 1.23. The molecule has 6 nitrogen and oxygen atoms in total. The van der Waals surface area contributed by atoms with Gasteiger partial charge < -0.3 is 5.32 Å². The number of para-hydroxylation sites is 1. The third-order valence-electron chi connectivity index (χ3n) is 4.81. The van der Waals surface area contributed by atoms with E-state index in [-0.39, 0.29) is 0 Å². The van der Waals surface area contributed by atoms with Crippen LogP contribution in [-0.4, -0.2) is 24.7 Å². The lowest BCUT2D eigenvalue weighted by Crippen LogP contribution is -2.00. The summed E-state index contributed by atoms with van der Waals surface area (Å²) in [6, 6.07) is 19.0. The second-order valence-electron chi connectivity index (χ2n) is 6.98. The number of anilines is 2. The zero-order valence-corrected chi connectivity index (χ0v) is 17.9. The highest BCUT2D eigenvalue weighted by molar-refractivity contribution is 6.32. The maximum absolute atomic E-state index is 6.51. The van der Waals surface area contributed by atoms with Crippen molar-refractivity contribution in [3.8, 4) is 16.9 Å². The molecule has 0 spiro atoms. The Morgan fingerprint density at radius 1 is 0.839 bits per heavy atom. The number of hydrogen-bond donors (Lipinski definition) is 1. The maximum atomic E-state index is 6.51. The summed E-state index contributed by atoms with van der Waals surface area (Å²) in [7, 11) is 0. The lowest BCUT2D eigenvalue weighted by molar-refractivity contribution is 0.904. The van der Waals surface area contributed by atoms with Crippen LogP contribution in [0.4, 0.5) is 11.6 Å². The normalized spacial score (nSPS) is 11.1. The third-order valence-corrected chi connectivity index (χ3v) is 5.39. The molecule has 0 radical (unpaired) electrons. The largest absolute Gasteiger partial charge is 0.323 e. The molecule has 1 N–H and O–H groups in total. The SMILES string of the molecule is Cc1ccc(Nc2ncnc3c(-c4ccc(Cl)cc4)n(-c4ccccc4Cl)nc23)nc1. The van der Waals surface area contributed by atoms with Gasteiger partial charge in [0.1, 0.15) is 23.4 Å². The van der Waals surface area contributed by atoms with Crippen LogP contribution in [0.15, 0.2) is 73.2 Å². The molecule has 0 fully saturated rings. The Hall–Kier alpha value is -3.48. The van der Waals surface area contributed by atoms with E-state index in [1.807, 2.05) is 67.6 Å². The second kappa shape index (κ2) is 7.98. The van der Waals surface area contributed by atoms with Gasteiger partial charge in [-0.1, -0.05) is 53.5 Å². The minimum atomic E-state index is 0.558. The second-order valence-corrected chi connectivity index (χ2v) is 7.83. The van der Waals surface area contributed by atoms with E-state index in [0.717, 1.165) is 22.5 Å². The van der Waals surface area contributed by atoms with Gasteiger partial charge in [-0.25, -0.2) is 19.6 Å². The van der Waals surface area contributed by atoms with Crippen LogP contribution in [0.1, 0.15) is 5.56 Å². The van der Waals surface area contributed by atoms with Crippen LogP contribution in [0.25, 0.3) is 28.0 Å². The standard InChI is InChI=1S/C23H16Cl2N6/c1-14-6-11-19(26-12-14)29-23-21-20(27-13-28-23)22(15-7-9-16(24)10-8-15)31(30-21)18-5-3-2-4-17(18)25/h2-13H,1H3,(H,26,27,28,29). The first kappa shape index (κ1) is 19.5. The van der Waals surface area contributed by atoms with Gasteiger partial charge in [0.15, 0.2) is 11.3 Å². The average Bonchev–Trinajstić information content (AvgIpc) is 3.16. The number of aromatic nitrogens is 5. The fourth-order valence-electron chi connectivity index (χ4n) is 3.32. The van der Waals surface area contributed by atoms with Crippen LogP contribution in [0, 0.1) is 6.92 Å². The highest BCUT2D eigenvalue weighted by atomic mass is 35.5. The summed E-state index contributed by atoms with van der Waals surface area (Å²) in [5, 5.41) is 9.32. The summed E-state index contributed by atoms with van der Waals surface area (Å²) in [4.78, 5) is 13.4. The molecular weight excluding hydrogens is 431 g/mol. The number of pyridine rings is 1. The first-order chi connectivity index (χ1) is 15.1. The van der Waals surface area contributed by atoms with Crippen molar-refractivity contribution in [3.05, 3.63) is 88.8 Å². The first-order valence-corrected chi connectivity index (χ1v) is 10.3. The zero-order chi connectivity index (χ0) is 21.4. The lowest BCUT2D eigenvalue weighted by atomic mass is 10.1. The monoisotopic (exact) mass is 446 g/mol. The molecule has 5 rings (SSSR count). The molecule has 0 saturated heterocycles. The van der Waals surface area contributed by atoms with Crippen molar-refractivity contribution >= 4 is 45.9 Å². The number of hydrogen-bond acceptors (Lipinski definition) is 5. The van der Waals surface area contributed by atoms with Crippen LogP contribution >= 0.6 is 23.2 Å². The molecule has 0 atom stereocenters. The summed E-state index contributed by atoms with van der Waals surface area (Å²) >= 11 is 12.6. The molecule has 152 valence electrons. The smallest absolute Gasteiger partial charge is 0.163 e. The van der Waals surface area contributed by atoms with Crippen LogP contribution in [0.2, 0.25) is 10.0 Å². The van der Waals surface area contributed by atoms with Crippen molar-refractivity contribution < 1.29 is 0 Å². The van der Waals surface area contributed by atoms with Gasteiger partial charge in [-0.05, 0) is 42.8 Å². The highest BCUT2D eigenvalue weighted by Gasteiger charge is 2.20. The van der Waals surface area contributed by atoms with E-state index in [9.17, 15) is 0 Å². The van der Waals surface area contributed by atoms with E-state index in [0.29, 0.717) is 32.7 Å². The molecule has 2 aromatic carbocycles. The molecular formula is C23H16Cl2N6. The summed E-state index contributed by atoms with van der Waals surface area (Å²) in [5.41, 5.74) is 4.81. The summed E-state index contributed by atoms with van der Waals surface area (Å²) in [6.07, 6.45) is 3.30. The molecule has 8 heteroatoms. The molecule has 31 heavy (non-hydrogen) atoms. The molecule has 0 amide bonds. The molecule has 3 aromatic heterocycles.